The second-order valence-electron chi connectivity index (χ2n) is 5.59. The minimum absolute atomic E-state index is 0.735. The molecule has 1 rings (SSSR count). The number of hydrogen-bond acceptors (Lipinski definition) is 2. The predicted octanol–water partition coefficient (Wildman–Crippen LogP) is 2.89. The molecular formula is C14H30N2. The molecule has 1 aliphatic rings. The normalized spacial score (nSPS) is 28.3. The van der Waals surface area contributed by atoms with Crippen molar-refractivity contribution < 1.29 is 0 Å². The molecule has 2 nitrogen and oxygen atoms in total. The van der Waals surface area contributed by atoms with E-state index in [4.69, 9.17) is 0 Å². The Labute approximate surface area is 102 Å². The van der Waals surface area contributed by atoms with Crippen LogP contribution in [0.3, 0.4) is 0 Å². The quantitative estimate of drug-likeness (QED) is 0.701. The fourth-order valence-electron chi connectivity index (χ4n) is 3.01. The molecule has 0 heterocycles. The Bertz CT molecular complexity index is 182. The van der Waals surface area contributed by atoms with Gasteiger partial charge in [-0.3, -0.25) is 0 Å². The van der Waals surface area contributed by atoms with Crippen LogP contribution >= 0.6 is 0 Å². The number of hydrogen-bond donors (Lipinski definition) is 1. The molecule has 0 aromatic heterocycles. The maximum Gasteiger partial charge on any atom is 0.0121 e. The molecule has 1 fully saturated rings. The third-order valence-electron chi connectivity index (χ3n) is 4.33. The standard InChI is InChI=1S/C14H30N2/c1-12-8-5-6-10-14(12)16(4)13(2)9-7-11-15-3/h12-15H,5-11H2,1-4H3. The van der Waals surface area contributed by atoms with Gasteiger partial charge in [0.1, 0.15) is 0 Å². The molecule has 0 amide bonds. The lowest BCUT2D eigenvalue weighted by Gasteiger charge is -2.39. The van der Waals surface area contributed by atoms with Gasteiger partial charge in [-0.15, -0.1) is 0 Å². The molecule has 0 saturated heterocycles. The molecule has 1 saturated carbocycles. The molecule has 3 unspecified atom stereocenters. The van der Waals surface area contributed by atoms with Crippen LogP contribution < -0.4 is 5.32 Å². The molecule has 3 atom stereocenters. The van der Waals surface area contributed by atoms with Gasteiger partial charge in [-0.25, -0.2) is 0 Å². The molecule has 0 bridgehead atoms. The minimum atomic E-state index is 0.735. The highest BCUT2D eigenvalue weighted by molar-refractivity contribution is 4.82. The second-order valence-corrected chi connectivity index (χ2v) is 5.59. The number of nitrogens with zero attached hydrogens (tertiary/aromatic N) is 1. The van der Waals surface area contributed by atoms with E-state index in [0.29, 0.717) is 0 Å². The highest BCUT2D eigenvalue weighted by atomic mass is 15.2. The third-order valence-corrected chi connectivity index (χ3v) is 4.33. The lowest BCUT2D eigenvalue weighted by Crippen LogP contribution is -2.44. The van der Waals surface area contributed by atoms with Gasteiger partial charge < -0.3 is 10.2 Å². The summed E-state index contributed by atoms with van der Waals surface area (Å²) >= 11 is 0. The lowest BCUT2D eigenvalue weighted by atomic mass is 9.84. The van der Waals surface area contributed by atoms with Crippen molar-refractivity contribution >= 4 is 0 Å². The fraction of sp³-hybridized carbons (Fsp3) is 1.00. The average Bonchev–Trinajstić information content (AvgIpc) is 2.29. The van der Waals surface area contributed by atoms with E-state index in [2.05, 4.69) is 31.1 Å². The zero-order valence-electron chi connectivity index (χ0n) is 11.6. The highest BCUT2D eigenvalue weighted by Gasteiger charge is 2.27. The van der Waals surface area contributed by atoms with Crippen LogP contribution in [0.25, 0.3) is 0 Å². The molecule has 0 aromatic carbocycles. The van der Waals surface area contributed by atoms with E-state index in [1.54, 1.807) is 0 Å². The van der Waals surface area contributed by atoms with Gasteiger partial charge in [0.25, 0.3) is 0 Å². The molecule has 0 radical (unpaired) electrons. The first-order chi connectivity index (χ1) is 7.66. The second kappa shape index (κ2) is 7.29. The zero-order chi connectivity index (χ0) is 12.0. The van der Waals surface area contributed by atoms with Crippen molar-refractivity contribution in [3.05, 3.63) is 0 Å². The van der Waals surface area contributed by atoms with Gasteiger partial charge in [-0.05, 0) is 59.2 Å². The Morgan fingerprint density at radius 3 is 2.62 bits per heavy atom. The van der Waals surface area contributed by atoms with Crippen molar-refractivity contribution in [3.63, 3.8) is 0 Å². The smallest absolute Gasteiger partial charge is 0.0121 e. The molecule has 0 spiro atoms. The van der Waals surface area contributed by atoms with Crippen LogP contribution in [0.15, 0.2) is 0 Å². The van der Waals surface area contributed by atoms with Gasteiger partial charge >= 0.3 is 0 Å². The molecule has 0 aliphatic heterocycles. The summed E-state index contributed by atoms with van der Waals surface area (Å²) in [6.07, 6.45) is 8.33. The van der Waals surface area contributed by atoms with E-state index >= 15 is 0 Å². The molecule has 16 heavy (non-hydrogen) atoms. The van der Waals surface area contributed by atoms with Crippen molar-refractivity contribution in [1.29, 1.82) is 0 Å². The summed E-state index contributed by atoms with van der Waals surface area (Å²) in [5.41, 5.74) is 0. The van der Waals surface area contributed by atoms with E-state index in [9.17, 15) is 0 Å². The van der Waals surface area contributed by atoms with Crippen LogP contribution in [-0.2, 0) is 0 Å². The van der Waals surface area contributed by atoms with E-state index < -0.39 is 0 Å². The predicted molar refractivity (Wildman–Crippen MR) is 71.8 cm³/mol. The van der Waals surface area contributed by atoms with E-state index in [0.717, 1.165) is 24.5 Å². The largest absolute Gasteiger partial charge is 0.320 e. The van der Waals surface area contributed by atoms with Crippen LogP contribution in [0.4, 0.5) is 0 Å². The van der Waals surface area contributed by atoms with E-state index in [1.165, 1.54) is 38.5 Å². The van der Waals surface area contributed by atoms with Gasteiger partial charge in [-0.2, -0.15) is 0 Å². The van der Waals surface area contributed by atoms with Gasteiger partial charge in [-0.1, -0.05) is 19.8 Å². The molecule has 96 valence electrons. The molecular weight excluding hydrogens is 196 g/mol. The van der Waals surface area contributed by atoms with Gasteiger partial charge in [0, 0.05) is 12.1 Å². The maximum absolute atomic E-state index is 3.23. The monoisotopic (exact) mass is 226 g/mol. The first kappa shape index (κ1) is 14.0. The van der Waals surface area contributed by atoms with Crippen molar-refractivity contribution in [2.75, 3.05) is 20.6 Å². The van der Waals surface area contributed by atoms with E-state index in [-0.39, 0.29) is 0 Å². The Morgan fingerprint density at radius 2 is 2.00 bits per heavy atom. The van der Waals surface area contributed by atoms with Crippen molar-refractivity contribution in [3.8, 4) is 0 Å². The Balaban J connectivity index is 2.33. The van der Waals surface area contributed by atoms with Gasteiger partial charge in [0.2, 0.25) is 0 Å². The van der Waals surface area contributed by atoms with Crippen molar-refractivity contribution in [2.45, 2.75) is 64.5 Å². The van der Waals surface area contributed by atoms with Crippen LogP contribution in [0.2, 0.25) is 0 Å². The van der Waals surface area contributed by atoms with Crippen LogP contribution in [0, 0.1) is 5.92 Å². The first-order valence-corrected chi connectivity index (χ1v) is 7.03. The molecule has 0 aromatic rings. The average molecular weight is 226 g/mol. The lowest BCUT2D eigenvalue weighted by molar-refractivity contribution is 0.0987. The summed E-state index contributed by atoms with van der Waals surface area (Å²) in [6, 6.07) is 1.57. The summed E-state index contributed by atoms with van der Waals surface area (Å²) in [5, 5.41) is 3.23. The highest BCUT2D eigenvalue weighted by Crippen LogP contribution is 2.28. The Kier molecular flexibility index (Phi) is 6.37. The summed E-state index contributed by atoms with van der Waals surface area (Å²) in [6.45, 7) is 5.97. The summed E-state index contributed by atoms with van der Waals surface area (Å²) < 4.78 is 0. The Morgan fingerprint density at radius 1 is 1.31 bits per heavy atom. The first-order valence-electron chi connectivity index (χ1n) is 7.03. The minimum Gasteiger partial charge on any atom is -0.320 e. The number of nitrogens with one attached hydrogen (secondary N) is 1. The van der Waals surface area contributed by atoms with Crippen molar-refractivity contribution in [2.24, 2.45) is 5.92 Å². The van der Waals surface area contributed by atoms with Gasteiger partial charge in [0.05, 0.1) is 0 Å². The van der Waals surface area contributed by atoms with Crippen LogP contribution in [0.5, 0.6) is 0 Å². The zero-order valence-corrected chi connectivity index (χ0v) is 11.6. The Hall–Kier alpha value is -0.0800. The van der Waals surface area contributed by atoms with E-state index in [1.807, 2.05) is 7.05 Å². The topological polar surface area (TPSA) is 15.3 Å². The van der Waals surface area contributed by atoms with Crippen LogP contribution in [-0.4, -0.2) is 37.6 Å². The molecule has 1 aliphatic carbocycles. The fourth-order valence-corrected chi connectivity index (χ4v) is 3.01. The summed E-state index contributed by atoms with van der Waals surface area (Å²) in [4.78, 5) is 2.64. The molecule has 1 N–H and O–H groups in total. The summed E-state index contributed by atoms with van der Waals surface area (Å²) in [5.74, 6) is 0.894. The summed E-state index contributed by atoms with van der Waals surface area (Å²) in [7, 11) is 4.37. The maximum atomic E-state index is 3.23. The van der Waals surface area contributed by atoms with Gasteiger partial charge in [0.15, 0.2) is 0 Å². The van der Waals surface area contributed by atoms with Crippen molar-refractivity contribution in [1.82, 2.24) is 10.2 Å². The third kappa shape index (κ3) is 4.06. The molecule has 2 heteroatoms. The van der Waals surface area contributed by atoms with Crippen LogP contribution in [0.1, 0.15) is 52.4 Å². The number of rotatable bonds is 6. The SMILES string of the molecule is CNCCCC(C)N(C)C1CCCCC1C.